The van der Waals surface area contributed by atoms with Gasteiger partial charge in [-0.25, -0.2) is 9.07 Å². The van der Waals surface area contributed by atoms with Gasteiger partial charge in [0.05, 0.1) is 17.6 Å². The van der Waals surface area contributed by atoms with Crippen molar-refractivity contribution in [1.82, 2.24) is 9.78 Å². The maximum absolute atomic E-state index is 13.2. The van der Waals surface area contributed by atoms with Crippen molar-refractivity contribution < 1.29 is 8.81 Å². The van der Waals surface area contributed by atoms with Gasteiger partial charge in [0.25, 0.3) is 0 Å². The van der Waals surface area contributed by atoms with E-state index in [0.717, 1.165) is 28.3 Å². The lowest BCUT2D eigenvalue weighted by molar-refractivity contribution is 0.535. The molecule has 102 valence electrons. The fourth-order valence-corrected chi connectivity index (χ4v) is 2.23. The van der Waals surface area contributed by atoms with Crippen LogP contribution in [0.5, 0.6) is 0 Å². The van der Waals surface area contributed by atoms with Gasteiger partial charge in [-0.05, 0) is 43.7 Å². The Hall–Kier alpha value is -2.56. The highest BCUT2D eigenvalue weighted by Crippen LogP contribution is 2.27. The Balaban J connectivity index is 2.12. The second kappa shape index (κ2) is 4.52. The van der Waals surface area contributed by atoms with Crippen LogP contribution in [-0.4, -0.2) is 9.78 Å². The number of aryl methyl sites for hydroxylation is 2. The molecule has 0 aliphatic rings. The summed E-state index contributed by atoms with van der Waals surface area (Å²) < 4.78 is 20.1. The molecule has 3 aromatic rings. The van der Waals surface area contributed by atoms with Crippen molar-refractivity contribution in [2.24, 2.45) is 0 Å². The maximum Gasteiger partial charge on any atom is 0.127 e. The minimum atomic E-state index is -0.275. The summed E-state index contributed by atoms with van der Waals surface area (Å²) in [6, 6.07) is 8.14. The second-order valence-corrected chi connectivity index (χ2v) is 4.69. The number of nitrogens with zero attached hydrogens (tertiary/aromatic N) is 2. The number of aromatic nitrogens is 2. The first-order chi connectivity index (χ1) is 9.56. The van der Waals surface area contributed by atoms with Crippen molar-refractivity contribution in [2.75, 3.05) is 5.73 Å². The molecule has 0 aliphatic carbocycles. The lowest BCUT2D eigenvalue weighted by Crippen LogP contribution is -2.03. The van der Waals surface area contributed by atoms with E-state index >= 15 is 0 Å². The van der Waals surface area contributed by atoms with E-state index in [-0.39, 0.29) is 5.82 Å². The van der Waals surface area contributed by atoms with Crippen LogP contribution in [0.1, 0.15) is 11.3 Å². The molecule has 0 atom stereocenters. The van der Waals surface area contributed by atoms with Gasteiger partial charge in [-0.15, -0.1) is 0 Å². The van der Waals surface area contributed by atoms with Crippen molar-refractivity contribution in [3.05, 3.63) is 53.7 Å². The molecule has 0 spiro atoms. The standard InChI is InChI=1S/C15H14FN3O/c1-9-7-11(16)3-4-14(9)19-15(17)8-13(18-19)12-5-6-20-10(12)2/h3-8H,17H2,1-2H3. The van der Waals surface area contributed by atoms with Crippen LogP contribution in [0.3, 0.4) is 0 Å². The average molecular weight is 271 g/mol. The first-order valence-electron chi connectivity index (χ1n) is 6.23. The maximum atomic E-state index is 13.2. The number of hydrogen-bond donors (Lipinski definition) is 1. The molecular weight excluding hydrogens is 257 g/mol. The topological polar surface area (TPSA) is 57.0 Å². The third kappa shape index (κ3) is 1.97. The van der Waals surface area contributed by atoms with Crippen LogP contribution in [0, 0.1) is 19.7 Å². The summed E-state index contributed by atoms with van der Waals surface area (Å²) in [7, 11) is 0. The molecule has 0 fully saturated rings. The molecule has 3 rings (SSSR count). The third-order valence-electron chi connectivity index (χ3n) is 3.26. The fourth-order valence-electron chi connectivity index (χ4n) is 2.23. The van der Waals surface area contributed by atoms with E-state index in [4.69, 9.17) is 10.2 Å². The van der Waals surface area contributed by atoms with E-state index in [2.05, 4.69) is 5.10 Å². The number of benzene rings is 1. The minimum Gasteiger partial charge on any atom is -0.469 e. The predicted octanol–water partition coefficient (Wildman–Crippen LogP) is 3.47. The van der Waals surface area contributed by atoms with E-state index in [1.807, 2.05) is 19.9 Å². The Bertz CT molecular complexity index is 773. The zero-order chi connectivity index (χ0) is 14.3. The number of hydrogen-bond acceptors (Lipinski definition) is 3. The Morgan fingerprint density at radius 1 is 1.20 bits per heavy atom. The molecule has 0 saturated carbocycles. The molecule has 5 heteroatoms. The molecular formula is C15H14FN3O. The summed E-state index contributed by atoms with van der Waals surface area (Å²) in [5.74, 6) is 1.00. The van der Waals surface area contributed by atoms with E-state index in [1.165, 1.54) is 12.1 Å². The number of rotatable bonds is 2. The van der Waals surface area contributed by atoms with Crippen LogP contribution in [0.25, 0.3) is 16.9 Å². The van der Waals surface area contributed by atoms with Gasteiger partial charge >= 0.3 is 0 Å². The van der Waals surface area contributed by atoms with Gasteiger partial charge in [0.15, 0.2) is 0 Å². The summed E-state index contributed by atoms with van der Waals surface area (Å²) in [5, 5.41) is 4.48. The highest BCUT2D eigenvalue weighted by molar-refractivity contribution is 5.65. The van der Waals surface area contributed by atoms with Crippen LogP contribution in [0.2, 0.25) is 0 Å². The molecule has 1 aromatic carbocycles. The summed E-state index contributed by atoms with van der Waals surface area (Å²) in [5.41, 5.74) is 9.18. The molecule has 2 aromatic heterocycles. The zero-order valence-corrected chi connectivity index (χ0v) is 11.2. The fraction of sp³-hybridized carbons (Fsp3) is 0.133. The molecule has 0 aliphatic heterocycles. The first-order valence-corrected chi connectivity index (χ1v) is 6.23. The summed E-state index contributed by atoms with van der Waals surface area (Å²) in [4.78, 5) is 0. The van der Waals surface area contributed by atoms with Crippen molar-refractivity contribution >= 4 is 5.82 Å². The Kier molecular flexibility index (Phi) is 2.82. The largest absolute Gasteiger partial charge is 0.469 e. The van der Waals surface area contributed by atoms with Crippen LogP contribution in [-0.2, 0) is 0 Å². The monoisotopic (exact) mass is 271 g/mol. The quantitative estimate of drug-likeness (QED) is 0.776. The van der Waals surface area contributed by atoms with Crippen LogP contribution < -0.4 is 5.73 Å². The molecule has 0 amide bonds. The van der Waals surface area contributed by atoms with Crippen LogP contribution >= 0.6 is 0 Å². The number of furan rings is 1. The van der Waals surface area contributed by atoms with Crippen molar-refractivity contribution in [3.63, 3.8) is 0 Å². The van der Waals surface area contributed by atoms with Gasteiger partial charge in [0, 0.05) is 11.6 Å². The molecule has 2 heterocycles. The molecule has 0 unspecified atom stereocenters. The lowest BCUT2D eigenvalue weighted by atomic mass is 10.2. The summed E-state index contributed by atoms with van der Waals surface area (Å²) in [6.45, 7) is 3.69. The van der Waals surface area contributed by atoms with Gasteiger partial charge in [-0.2, -0.15) is 5.10 Å². The number of nitrogen functional groups attached to an aromatic ring is 1. The highest BCUT2D eigenvalue weighted by atomic mass is 19.1. The normalized spacial score (nSPS) is 10.9. The molecule has 0 saturated heterocycles. The van der Waals surface area contributed by atoms with Crippen molar-refractivity contribution in [2.45, 2.75) is 13.8 Å². The number of anilines is 1. The third-order valence-corrected chi connectivity index (χ3v) is 3.26. The molecule has 20 heavy (non-hydrogen) atoms. The van der Waals surface area contributed by atoms with Gasteiger partial charge in [-0.3, -0.25) is 0 Å². The summed E-state index contributed by atoms with van der Waals surface area (Å²) in [6.07, 6.45) is 1.61. The van der Waals surface area contributed by atoms with Crippen molar-refractivity contribution in [1.29, 1.82) is 0 Å². The van der Waals surface area contributed by atoms with Gasteiger partial charge in [-0.1, -0.05) is 0 Å². The molecule has 4 nitrogen and oxygen atoms in total. The van der Waals surface area contributed by atoms with E-state index in [1.54, 1.807) is 23.1 Å². The highest BCUT2D eigenvalue weighted by Gasteiger charge is 2.13. The Morgan fingerprint density at radius 3 is 2.65 bits per heavy atom. The number of nitrogens with two attached hydrogens (primary N) is 1. The first kappa shape index (κ1) is 12.5. The van der Waals surface area contributed by atoms with Crippen molar-refractivity contribution in [3.8, 4) is 16.9 Å². The van der Waals surface area contributed by atoms with Gasteiger partial charge in [0.2, 0.25) is 0 Å². The lowest BCUT2D eigenvalue weighted by Gasteiger charge is -2.07. The van der Waals surface area contributed by atoms with Crippen LogP contribution in [0.15, 0.2) is 41.0 Å². The van der Waals surface area contributed by atoms with Gasteiger partial charge in [0.1, 0.15) is 17.4 Å². The molecule has 2 N–H and O–H groups in total. The zero-order valence-electron chi connectivity index (χ0n) is 11.2. The van der Waals surface area contributed by atoms with Crippen LogP contribution in [0.4, 0.5) is 10.2 Å². The second-order valence-electron chi connectivity index (χ2n) is 4.69. The minimum absolute atomic E-state index is 0.275. The van der Waals surface area contributed by atoms with E-state index < -0.39 is 0 Å². The SMILES string of the molecule is Cc1cc(F)ccc1-n1nc(-c2ccoc2C)cc1N. The Morgan fingerprint density at radius 2 is 2.00 bits per heavy atom. The van der Waals surface area contributed by atoms with E-state index in [9.17, 15) is 4.39 Å². The number of halogens is 1. The average Bonchev–Trinajstić information content (AvgIpc) is 2.96. The molecule has 0 bridgehead atoms. The predicted molar refractivity (Wildman–Crippen MR) is 75.1 cm³/mol. The van der Waals surface area contributed by atoms with E-state index in [0.29, 0.717) is 5.82 Å². The Labute approximate surface area is 115 Å². The van der Waals surface area contributed by atoms with Gasteiger partial charge < -0.3 is 10.2 Å². The molecule has 0 radical (unpaired) electrons. The summed E-state index contributed by atoms with van der Waals surface area (Å²) >= 11 is 0. The smallest absolute Gasteiger partial charge is 0.127 e.